The van der Waals surface area contributed by atoms with Crippen LogP contribution in [0.2, 0.25) is 0 Å². The average molecular weight is 241 g/mol. The zero-order valence-corrected chi connectivity index (χ0v) is 10.7. The highest BCUT2D eigenvalue weighted by Gasteiger charge is 2.61. The molecule has 1 aromatic carbocycles. The minimum absolute atomic E-state index is 0.136. The monoisotopic (exact) mass is 241 g/mol. The van der Waals surface area contributed by atoms with Gasteiger partial charge in [0, 0.05) is 11.1 Å². The quantitative estimate of drug-likeness (QED) is 0.701. The van der Waals surface area contributed by atoms with E-state index in [4.69, 9.17) is 4.74 Å². The van der Waals surface area contributed by atoms with Crippen LogP contribution in [0.5, 0.6) is 0 Å². The van der Waals surface area contributed by atoms with Crippen molar-refractivity contribution in [3.63, 3.8) is 0 Å². The van der Waals surface area contributed by atoms with Gasteiger partial charge in [-0.25, -0.2) is 0 Å². The topological polar surface area (TPSA) is 21.3 Å². The van der Waals surface area contributed by atoms with Crippen molar-refractivity contribution in [3.05, 3.63) is 42.0 Å². The largest absolute Gasteiger partial charge is 0.357 e. The summed E-state index contributed by atoms with van der Waals surface area (Å²) in [5, 5.41) is 3.70. The molecule has 0 unspecified atom stereocenters. The van der Waals surface area contributed by atoms with Crippen LogP contribution in [0.15, 0.2) is 36.4 Å². The summed E-state index contributed by atoms with van der Waals surface area (Å²) in [5.74, 6) is 0. The van der Waals surface area contributed by atoms with Crippen LogP contribution in [-0.2, 0) is 10.2 Å². The maximum absolute atomic E-state index is 6.27. The lowest BCUT2D eigenvalue weighted by atomic mass is 9.61. The second kappa shape index (κ2) is 3.39. The molecule has 1 saturated carbocycles. The first-order valence-electron chi connectivity index (χ1n) is 6.94. The molecule has 0 radical (unpaired) electrons. The molecule has 1 aromatic rings. The first-order chi connectivity index (χ1) is 8.76. The van der Waals surface area contributed by atoms with Crippen molar-refractivity contribution in [3.8, 4) is 0 Å². The molecular formula is C16H19NO. The van der Waals surface area contributed by atoms with Gasteiger partial charge in [0.25, 0.3) is 0 Å². The third-order valence-corrected chi connectivity index (χ3v) is 5.01. The third-order valence-electron chi connectivity index (χ3n) is 5.01. The molecule has 1 aliphatic carbocycles. The molecule has 1 N–H and O–H groups in total. The Hall–Kier alpha value is -1.28. The summed E-state index contributed by atoms with van der Waals surface area (Å²) in [6.45, 7) is 4.89. The SMILES string of the molecule is C=C1CO[C@@]23CCCC[C@]2(C1)c1ccccc1N3. The molecule has 2 heterocycles. The van der Waals surface area contributed by atoms with E-state index in [0.717, 1.165) is 12.8 Å². The van der Waals surface area contributed by atoms with Gasteiger partial charge in [0.05, 0.1) is 6.61 Å². The summed E-state index contributed by atoms with van der Waals surface area (Å²) >= 11 is 0. The van der Waals surface area contributed by atoms with Gasteiger partial charge in [0.1, 0.15) is 5.72 Å². The van der Waals surface area contributed by atoms with E-state index in [2.05, 4.69) is 36.2 Å². The Balaban J connectivity index is 1.93. The van der Waals surface area contributed by atoms with E-state index in [-0.39, 0.29) is 11.1 Å². The third kappa shape index (κ3) is 1.12. The van der Waals surface area contributed by atoms with Crippen LogP contribution in [0.25, 0.3) is 0 Å². The standard InChI is InChI=1S/C16H19NO/c1-12-10-15-8-4-5-9-16(15,18-11-12)17-14-7-3-2-6-13(14)15/h2-3,6-7,17H,1,4-5,8-11H2/t15-,16-/m0/s1. The summed E-state index contributed by atoms with van der Waals surface area (Å²) in [5.41, 5.74) is 3.94. The Kier molecular flexibility index (Phi) is 2.00. The van der Waals surface area contributed by atoms with E-state index < -0.39 is 0 Å². The zero-order valence-electron chi connectivity index (χ0n) is 10.7. The zero-order chi connectivity index (χ0) is 12.2. The van der Waals surface area contributed by atoms with Gasteiger partial charge >= 0.3 is 0 Å². The smallest absolute Gasteiger partial charge is 0.149 e. The highest BCUT2D eigenvalue weighted by molar-refractivity contribution is 5.65. The van der Waals surface area contributed by atoms with E-state index in [1.165, 1.54) is 36.1 Å². The lowest BCUT2D eigenvalue weighted by molar-refractivity contribution is -0.111. The molecule has 2 nitrogen and oxygen atoms in total. The second-order valence-electron chi connectivity index (χ2n) is 6.00. The number of ether oxygens (including phenoxy) is 1. The van der Waals surface area contributed by atoms with E-state index >= 15 is 0 Å². The maximum Gasteiger partial charge on any atom is 0.149 e. The molecule has 0 spiro atoms. The molecule has 2 fully saturated rings. The van der Waals surface area contributed by atoms with Crippen molar-refractivity contribution in [1.82, 2.24) is 0 Å². The predicted octanol–water partition coefficient (Wildman–Crippen LogP) is 3.60. The maximum atomic E-state index is 6.27. The van der Waals surface area contributed by atoms with Crippen LogP contribution in [0.3, 0.4) is 0 Å². The number of anilines is 1. The van der Waals surface area contributed by atoms with Gasteiger partial charge in [0.15, 0.2) is 0 Å². The fourth-order valence-corrected chi connectivity index (χ4v) is 4.28. The molecular weight excluding hydrogens is 222 g/mol. The number of fused-ring (bicyclic) bond motifs is 1. The number of nitrogens with one attached hydrogen (secondary N) is 1. The molecule has 0 amide bonds. The minimum atomic E-state index is -0.157. The van der Waals surface area contributed by atoms with Crippen molar-refractivity contribution in [2.75, 3.05) is 11.9 Å². The number of para-hydroxylation sites is 1. The van der Waals surface area contributed by atoms with Crippen molar-refractivity contribution in [2.24, 2.45) is 0 Å². The van der Waals surface area contributed by atoms with Gasteiger partial charge in [0.2, 0.25) is 0 Å². The van der Waals surface area contributed by atoms with Gasteiger partial charge in [-0.1, -0.05) is 36.8 Å². The van der Waals surface area contributed by atoms with Gasteiger partial charge in [-0.2, -0.15) is 0 Å². The van der Waals surface area contributed by atoms with Crippen LogP contribution in [0.4, 0.5) is 5.69 Å². The van der Waals surface area contributed by atoms with E-state index in [9.17, 15) is 0 Å². The minimum Gasteiger partial charge on any atom is -0.357 e. The Morgan fingerprint density at radius 1 is 1.17 bits per heavy atom. The first kappa shape index (κ1) is 10.6. The number of hydrogen-bond donors (Lipinski definition) is 1. The molecule has 18 heavy (non-hydrogen) atoms. The summed E-state index contributed by atoms with van der Waals surface area (Å²) < 4.78 is 6.27. The van der Waals surface area contributed by atoms with E-state index in [1.807, 2.05) is 0 Å². The molecule has 3 aliphatic rings. The predicted molar refractivity (Wildman–Crippen MR) is 72.7 cm³/mol. The van der Waals surface area contributed by atoms with Gasteiger partial charge in [-0.3, -0.25) is 0 Å². The summed E-state index contributed by atoms with van der Waals surface area (Å²) in [6.07, 6.45) is 5.98. The highest BCUT2D eigenvalue weighted by Crippen LogP contribution is 2.60. The van der Waals surface area contributed by atoms with Crippen LogP contribution in [-0.4, -0.2) is 12.3 Å². The van der Waals surface area contributed by atoms with Crippen LogP contribution >= 0.6 is 0 Å². The number of hydrogen-bond acceptors (Lipinski definition) is 2. The molecule has 2 aliphatic heterocycles. The Morgan fingerprint density at radius 3 is 2.94 bits per heavy atom. The summed E-state index contributed by atoms with van der Waals surface area (Å²) in [7, 11) is 0. The first-order valence-corrected chi connectivity index (χ1v) is 6.94. The van der Waals surface area contributed by atoms with Crippen LogP contribution < -0.4 is 5.32 Å². The van der Waals surface area contributed by atoms with Crippen molar-refractivity contribution >= 4 is 5.69 Å². The Bertz CT molecular complexity index is 524. The molecule has 4 rings (SSSR count). The average Bonchev–Trinajstić information content (AvgIpc) is 2.69. The summed E-state index contributed by atoms with van der Waals surface area (Å²) in [6, 6.07) is 8.72. The molecule has 1 saturated heterocycles. The normalized spacial score (nSPS) is 37.4. The Labute approximate surface area is 108 Å². The number of benzene rings is 1. The highest BCUT2D eigenvalue weighted by atomic mass is 16.5. The molecule has 0 aromatic heterocycles. The van der Waals surface area contributed by atoms with Crippen LogP contribution in [0.1, 0.15) is 37.7 Å². The number of rotatable bonds is 0. The summed E-state index contributed by atoms with van der Waals surface area (Å²) in [4.78, 5) is 0. The van der Waals surface area contributed by atoms with Crippen molar-refractivity contribution < 1.29 is 4.74 Å². The van der Waals surface area contributed by atoms with Crippen molar-refractivity contribution in [1.29, 1.82) is 0 Å². The van der Waals surface area contributed by atoms with Gasteiger partial charge in [-0.15, -0.1) is 0 Å². The molecule has 94 valence electrons. The Morgan fingerprint density at radius 2 is 2.00 bits per heavy atom. The van der Waals surface area contributed by atoms with Crippen LogP contribution in [0, 0.1) is 0 Å². The second-order valence-corrected chi connectivity index (χ2v) is 6.00. The molecule has 0 bridgehead atoms. The molecule has 2 atom stereocenters. The lowest BCUT2D eigenvalue weighted by Crippen LogP contribution is -2.59. The van der Waals surface area contributed by atoms with Crippen molar-refractivity contribution in [2.45, 2.75) is 43.2 Å². The van der Waals surface area contributed by atoms with Gasteiger partial charge in [-0.05, 0) is 37.3 Å². The lowest BCUT2D eigenvalue weighted by Gasteiger charge is -2.52. The van der Waals surface area contributed by atoms with E-state index in [0.29, 0.717) is 6.61 Å². The fraction of sp³-hybridized carbons (Fsp3) is 0.500. The van der Waals surface area contributed by atoms with E-state index in [1.54, 1.807) is 0 Å². The molecule has 2 heteroatoms. The van der Waals surface area contributed by atoms with Gasteiger partial charge < -0.3 is 10.1 Å². The fourth-order valence-electron chi connectivity index (χ4n) is 4.28.